The number of nitrogens with two attached hydrogens (primary N) is 1. The number of hydrazone groups is 1. The molecule has 0 bridgehead atoms. The molecule has 2 aromatic carbocycles. The molecule has 5 heteroatoms. The van der Waals surface area contributed by atoms with Crippen LogP contribution in [0.25, 0.3) is 0 Å². The van der Waals surface area contributed by atoms with Crippen molar-refractivity contribution in [2.75, 3.05) is 0 Å². The molecular weight excluding hydrogens is 257 g/mol. The number of halogens is 1. The quantitative estimate of drug-likeness (QED) is 0.810. The van der Waals surface area contributed by atoms with Gasteiger partial charge in [0.1, 0.15) is 12.4 Å². The van der Waals surface area contributed by atoms with Gasteiger partial charge < -0.3 is 0 Å². The zero-order valence-corrected chi connectivity index (χ0v) is 10.6. The highest BCUT2D eigenvalue weighted by atomic mass is 19.1. The van der Waals surface area contributed by atoms with E-state index in [0.29, 0.717) is 12.4 Å². The normalized spacial score (nSPS) is 13.2. The van der Waals surface area contributed by atoms with E-state index >= 15 is 0 Å². The third-order valence-corrected chi connectivity index (χ3v) is 3.27. The van der Waals surface area contributed by atoms with Crippen LogP contribution >= 0.6 is 0 Å². The second kappa shape index (κ2) is 4.77. The minimum atomic E-state index is -0.555. The molecule has 0 aromatic heterocycles. The standard InChI is InChI=1S/C15H12FN3O/c16-13-8-4-3-7-12(13)15(20)18-19-9-10-5-1-2-6-11(10)14(19)17/h1-8,17H,9H2,(H,18,20)/p+1. The number of rotatable bonds is 2. The molecule has 0 unspecified atom stereocenters. The van der Waals surface area contributed by atoms with Gasteiger partial charge in [-0.3, -0.25) is 10.5 Å². The van der Waals surface area contributed by atoms with Crippen LogP contribution in [0.1, 0.15) is 21.5 Å². The summed E-state index contributed by atoms with van der Waals surface area (Å²) in [5.41, 5.74) is 10.5. The Hall–Kier alpha value is -2.69. The van der Waals surface area contributed by atoms with E-state index in [0.717, 1.165) is 11.1 Å². The van der Waals surface area contributed by atoms with Crippen LogP contribution < -0.4 is 11.2 Å². The molecule has 2 aromatic rings. The smallest absolute Gasteiger partial charge is 0.285 e. The molecule has 1 aliphatic heterocycles. The van der Waals surface area contributed by atoms with E-state index in [-0.39, 0.29) is 5.56 Å². The number of fused-ring (bicyclic) bond motifs is 1. The van der Waals surface area contributed by atoms with E-state index in [1.165, 1.54) is 22.9 Å². The molecule has 0 atom stereocenters. The van der Waals surface area contributed by atoms with Crippen molar-refractivity contribution in [1.29, 1.82) is 0 Å². The zero-order valence-electron chi connectivity index (χ0n) is 10.6. The predicted molar refractivity (Wildman–Crippen MR) is 72.6 cm³/mol. The lowest BCUT2D eigenvalue weighted by atomic mass is 10.1. The maximum atomic E-state index is 13.6. The number of hydrazine groups is 1. The van der Waals surface area contributed by atoms with Crippen LogP contribution in [0.2, 0.25) is 0 Å². The van der Waals surface area contributed by atoms with Gasteiger partial charge in [-0.05, 0) is 18.2 Å². The molecule has 1 amide bonds. The maximum absolute atomic E-state index is 13.6. The Morgan fingerprint density at radius 2 is 1.85 bits per heavy atom. The van der Waals surface area contributed by atoms with Gasteiger partial charge >= 0.3 is 0 Å². The number of hydrogen-bond donors (Lipinski definition) is 2. The van der Waals surface area contributed by atoms with Crippen LogP contribution in [-0.2, 0) is 6.54 Å². The summed E-state index contributed by atoms with van der Waals surface area (Å²) in [5, 5.41) is 0. The fourth-order valence-electron chi connectivity index (χ4n) is 2.24. The van der Waals surface area contributed by atoms with Gasteiger partial charge in [-0.15, -0.1) is 0 Å². The fraction of sp³-hybridized carbons (Fsp3) is 0.0667. The Morgan fingerprint density at radius 1 is 1.15 bits per heavy atom. The van der Waals surface area contributed by atoms with Crippen molar-refractivity contribution in [3.63, 3.8) is 0 Å². The Bertz CT molecular complexity index is 725. The zero-order chi connectivity index (χ0) is 14.1. The van der Waals surface area contributed by atoms with Crippen molar-refractivity contribution in [2.45, 2.75) is 6.54 Å². The molecule has 0 radical (unpaired) electrons. The minimum absolute atomic E-state index is 0.00347. The summed E-state index contributed by atoms with van der Waals surface area (Å²) >= 11 is 0. The lowest BCUT2D eigenvalue weighted by Gasteiger charge is -2.05. The summed E-state index contributed by atoms with van der Waals surface area (Å²) in [4.78, 5) is 12.1. The number of carbonyl (C=O) groups is 1. The Labute approximate surface area is 115 Å². The summed E-state index contributed by atoms with van der Waals surface area (Å²) in [6.45, 7) is 0.474. The van der Waals surface area contributed by atoms with E-state index in [4.69, 9.17) is 5.73 Å². The van der Waals surface area contributed by atoms with Gasteiger partial charge in [0.05, 0.1) is 11.1 Å². The molecule has 4 nitrogen and oxygen atoms in total. The Balaban J connectivity index is 1.86. The summed E-state index contributed by atoms with van der Waals surface area (Å²) < 4.78 is 15.1. The van der Waals surface area contributed by atoms with Crippen molar-refractivity contribution in [2.24, 2.45) is 5.73 Å². The van der Waals surface area contributed by atoms with Gasteiger partial charge in [-0.1, -0.05) is 30.3 Å². The second-order valence-corrected chi connectivity index (χ2v) is 4.55. The average Bonchev–Trinajstić information content (AvgIpc) is 2.76. The van der Waals surface area contributed by atoms with Crippen LogP contribution in [0.15, 0.2) is 48.5 Å². The lowest BCUT2D eigenvalue weighted by molar-refractivity contribution is -0.584. The number of benzene rings is 2. The van der Waals surface area contributed by atoms with Gasteiger partial charge in [0.2, 0.25) is 0 Å². The molecule has 0 saturated carbocycles. The summed E-state index contributed by atoms with van der Waals surface area (Å²) in [7, 11) is 0. The first-order chi connectivity index (χ1) is 9.66. The average molecular weight is 270 g/mol. The number of nitrogens with zero attached hydrogens (tertiary/aromatic N) is 1. The molecule has 3 N–H and O–H groups in total. The molecule has 100 valence electrons. The minimum Gasteiger partial charge on any atom is -0.285 e. The summed E-state index contributed by atoms with van der Waals surface area (Å²) in [6, 6.07) is 13.5. The first kappa shape index (κ1) is 12.3. The van der Waals surface area contributed by atoms with Crippen molar-refractivity contribution < 1.29 is 13.9 Å². The van der Waals surface area contributed by atoms with E-state index < -0.39 is 11.7 Å². The molecule has 3 rings (SSSR count). The molecule has 1 heterocycles. The molecule has 1 aliphatic rings. The van der Waals surface area contributed by atoms with E-state index in [9.17, 15) is 9.18 Å². The molecule has 0 aliphatic carbocycles. The summed E-state index contributed by atoms with van der Waals surface area (Å²) in [6.07, 6.45) is 0. The van der Waals surface area contributed by atoms with Gasteiger partial charge in [-0.2, -0.15) is 10.1 Å². The first-order valence-electron chi connectivity index (χ1n) is 6.20. The highest BCUT2D eigenvalue weighted by Gasteiger charge is 2.26. The first-order valence-corrected chi connectivity index (χ1v) is 6.20. The van der Waals surface area contributed by atoms with Crippen LogP contribution in [0, 0.1) is 5.82 Å². The van der Waals surface area contributed by atoms with Crippen molar-refractivity contribution in [1.82, 2.24) is 5.43 Å². The number of amides is 1. The number of nitrogens with one attached hydrogen (secondary N) is 1. The Kier molecular flexibility index (Phi) is 2.95. The van der Waals surface area contributed by atoms with Gasteiger partial charge in [0, 0.05) is 5.56 Å². The molecule has 0 saturated heterocycles. The third-order valence-electron chi connectivity index (χ3n) is 3.27. The van der Waals surface area contributed by atoms with Crippen LogP contribution in [-0.4, -0.2) is 16.4 Å². The Morgan fingerprint density at radius 3 is 2.60 bits per heavy atom. The SMILES string of the molecule is NC1=[N+](NC(=O)c2ccccc2F)Cc2ccccc21. The van der Waals surface area contributed by atoms with Gasteiger partial charge in [-0.25, -0.2) is 4.39 Å². The number of carbonyl (C=O) groups excluding carboxylic acids is 1. The highest BCUT2D eigenvalue weighted by Crippen LogP contribution is 2.15. The number of hydrogen-bond acceptors (Lipinski definition) is 2. The second-order valence-electron chi connectivity index (χ2n) is 4.55. The third kappa shape index (κ3) is 2.03. The topological polar surface area (TPSA) is 58.1 Å². The van der Waals surface area contributed by atoms with E-state index in [2.05, 4.69) is 5.43 Å². The largest absolute Gasteiger partial charge is 0.299 e. The van der Waals surface area contributed by atoms with E-state index in [1.54, 1.807) is 6.07 Å². The molecule has 0 spiro atoms. The highest BCUT2D eigenvalue weighted by molar-refractivity contribution is 5.98. The van der Waals surface area contributed by atoms with Crippen LogP contribution in [0.3, 0.4) is 0 Å². The summed E-state index contributed by atoms with van der Waals surface area (Å²) in [5.74, 6) is -0.607. The molecule has 20 heavy (non-hydrogen) atoms. The fourth-order valence-corrected chi connectivity index (χ4v) is 2.24. The van der Waals surface area contributed by atoms with Crippen LogP contribution in [0.5, 0.6) is 0 Å². The maximum Gasteiger partial charge on any atom is 0.299 e. The van der Waals surface area contributed by atoms with Crippen molar-refractivity contribution >= 4 is 11.7 Å². The lowest BCUT2D eigenvalue weighted by Crippen LogP contribution is -2.38. The number of amidine groups is 1. The van der Waals surface area contributed by atoms with Gasteiger partial charge in [0.15, 0.2) is 0 Å². The monoisotopic (exact) mass is 270 g/mol. The molecule has 0 fully saturated rings. The predicted octanol–water partition coefficient (Wildman–Crippen LogP) is 1.40. The molecular formula is C15H13FN3O+. The van der Waals surface area contributed by atoms with Crippen LogP contribution in [0.4, 0.5) is 4.39 Å². The van der Waals surface area contributed by atoms with Gasteiger partial charge in [0.25, 0.3) is 11.7 Å². The van der Waals surface area contributed by atoms with Crippen molar-refractivity contribution in [3.05, 3.63) is 71.0 Å². The van der Waals surface area contributed by atoms with Crippen molar-refractivity contribution in [3.8, 4) is 0 Å². The van der Waals surface area contributed by atoms with E-state index in [1.807, 2.05) is 24.3 Å².